The van der Waals surface area contributed by atoms with E-state index in [4.69, 9.17) is 18.9 Å². The van der Waals surface area contributed by atoms with E-state index in [0.717, 1.165) is 6.29 Å². The van der Waals surface area contributed by atoms with Crippen LogP contribution in [-0.4, -0.2) is 51.2 Å². The maximum atomic E-state index is 12.8. The van der Waals surface area contributed by atoms with Gasteiger partial charge in [0, 0.05) is 23.9 Å². The summed E-state index contributed by atoms with van der Waals surface area (Å²) in [5.41, 5.74) is -1.13. The van der Waals surface area contributed by atoms with Gasteiger partial charge in [-0.25, -0.2) is 9.59 Å². The Balaban J connectivity index is 2.57. The molecule has 28 heavy (non-hydrogen) atoms. The van der Waals surface area contributed by atoms with Crippen LogP contribution in [0.15, 0.2) is 18.2 Å². The number of hydrogen-bond acceptors (Lipinski definition) is 8. The second-order valence-electron chi connectivity index (χ2n) is 6.52. The van der Waals surface area contributed by atoms with Crippen LogP contribution in [0.25, 0.3) is 0 Å². The van der Waals surface area contributed by atoms with Crippen molar-refractivity contribution in [1.29, 1.82) is 0 Å². The summed E-state index contributed by atoms with van der Waals surface area (Å²) >= 11 is 0. The first-order valence-corrected chi connectivity index (χ1v) is 9.19. The molecule has 2 rings (SSSR count). The summed E-state index contributed by atoms with van der Waals surface area (Å²) in [5.74, 6) is -1.83. The third kappa shape index (κ3) is 3.69. The molecule has 8 nitrogen and oxygen atoms in total. The Kier molecular flexibility index (Phi) is 7.01. The molecule has 154 valence electrons. The summed E-state index contributed by atoms with van der Waals surface area (Å²) in [5, 5.41) is 3.05. The van der Waals surface area contributed by atoms with E-state index in [9.17, 15) is 14.4 Å². The van der Waals surface area contributed by atoms with Crippen molar-refractivity contribution in [2.75, 3.05) is 27.4 Å². The third-order valence-corrected chi connectivity index (χ3v) is 5.11. The summed E-state index contributed by atoms with van der Waals surface area (Å²) in [4.78, 5) is 37.6. The Bertz CT molecular complexity index is 693. The summed E-state index contributed by atoms with van der Waals surface area (Å²) in [6.07, 6.45) is 0.745. The predicted molar refractivity (Wildman–Crippen MR) is 100 cm³/mol. The van der Waals surface area contributed by atoms with Crippen molar-refractivity contribution in [1.82, 2.24) is 5.32 Å². The number of nitrogens with one attached hydrogen (secondary N) is 1. The van der Waals surface area contributed by atoms with E-state index >= 15 is 0 Å². The van der Waals surface area contributed by atoms with Crippen molar-refractivity contribution >= 4 is 18.2 Å². The lowest BCUT2D eigenvalue weighted by atomic mass is 9.79. The van der Waals surface area contributed by atoms with E-state index in [1.807, 2.05) is 0 Å². The Morgan fingerprint density at radius 3 is 1.93 bits per heavy atom. The van der Waals surface area contributed by atoms with Gasteiger partial charge in [-0.15, -0.1) is 0 Å². The second kappa shape index (κ2) is 9.05. The van der Waals surface area contributed by atoms with E-state index < -0.39 is 35.4 Å². The van der Waals surface area contributed by atoms with Gasteiger partial charge in [0.15, 0.2) is 0 Å². The van der Waals surface area contributed by atoms with E-state index in [2.05, 4.69) is 5.32 Å². The van der Waals surface area contributed by atoms with Crippen LogP contribution >= 0.6 is 0 Å². The van der Waals surface area contributed by atoms with Gasteiger partial charge in [-0.3, -0.25) is 5.32 Å². The molecule has 1 aromatic carbocycles. The number of hydrogen-bond donors (Lipinski definition) is 1. The number of carbonyl (C=O) groups is 3. The fourth-order valence-electron chi connectivity index (χ4n) is 3.62. The molecule has 1 aromatic rings. The first-order chi connectivity index (χ1) is 13.4. The molecule has 0 bridgehead atoms. The van der Waals surface area contributed by atoms with E-state index in [-0.39, 0.29) is 13.2 Å². The number of rotatable bonds is 8. The monoisotopic (exact) mass is 393 g/mol. The van der Waals surface area contributed by atoms with Crippen molar-refractivity contribution in [2.24, 2.45) is 11.8 Å². The van der Waals surface area contributed by atoms with Gasteiger partial charge in [-0.05, 0) is 31.5 Å². The van der Waals surface area contributed by atoms with Gasteiger partial charge in [0.2, 0.25) is 5.54 Å². The van der Waals surface area contributed by atoms with Gasteiger partial charge in [0.1, 0.15) is 17.8 Å². The first kappa shape index (κ1) is 21.7. The minimum absolute atomic E-state index is 0.0950. The maximum Gasteiger partial charge on any atom is 0.338 e. The van der Waals surface area contributed by atoms with E-state index in [1.165, 1.54) is 14.2 Å². The molecule has 1 N–H and O–H groups in total. The molecule has 1 saturated heterocycles. The number of carbonyl (C=O) groups excluding carboxylic acids is 3. The highest BCUT2D eigenvalue weighted by molar-refractivity contribution is 6.06. The van der Waals surface area contributed by atoms with E-state index in [0.29, 0.717) is 17.1 Å². The maximum absolute atomic E-state index is 12.8. The van der Waals surface area contributed by atoms with Crippen molar-refractivity contribution in [2.45, 2.75) is 32.4 Å². The molecule has 8 heteroatoms. The molecule has 0 spiro atoms. The van der Waals surface area contributed by atoms with Gasteiger partial charge < -0.3 is 23.7 Å². The summed E-state index contributed by atoms with van der Waals surface area (Å²) < 4.78 is 20.9. The summed E-state index contributed by atoms with van der Waals surface area (Å²) in [6, 6.07) is 4.53. The summed E-state index contributed by atoms with van der Waals surface area (Å²) in [7, 11) is 3.03. The highest BCUT2D eigenvalue weighted by Crippen LogP contribution is 2.44. The molecule has 0 aromatic heterocycles. The fraction of sp³-hybridized carbons (Fsp3) is 0.550. The second-order valence-corrected chi connectivity index (χ2v) is 6.52. The predicted octanol–water partition coefficient (Wildman–Crippen LogP) is 1.66. The largest absolute Gasteiger partial charge is 0.497 e. The van der Waals surface area contributed by atoms with Crippen LogP contribution in [0, 0.1) is 11.8 Å². The van der Waals surface area contributed by atoms with Gasteiger partial charge in [0.05, 0.1) is 27.4 Å². The highest BCUT2D eigenvalue weighted by atomic mass is 16.6. The molecule has 0 aliphatic carbocycles. The van der Waals surface area contributed by atoms with Crippen molar-refractivity contribution in [3.8, 4) is 11.5 Å². The average Bonchev–Trinajstić information content (AvgIpc) is 3.01. The lowest BCUT2D eigenvalue weighted by molar-refractivity contribution is -0.168. The van der Waals surface area contributed by atoms with Gasteiger partial charge in [-0.2, -0.15) is 0 Å². The highest BCUT2D eigenvalue weighted by Gasteiger charge is 2.62. The Labute approximate surface area is 164 Å². The molecule has 1 heterocycles. The Hall–Kier alpha value is -2.61. The normalized spacial score (nSPS) is 23.0. The first-order valence-electron chi connectivity index (χ1n) is 9.19. The molecule has 0 amide bonds. The SMILES string of the molecule is CCOC(=O)C1(C(=O)OCC)N[C@H](c2cc(OC)cc(OC)c2)[C@H](C=O)[C@H]1C. The lowest BCUT2D eigenvalue weighted by Gasteiger charge is -2.29. The quantitative estimate of drug-likeness (QED) is 0.404. The topological polar surface area (TPSA) is 100 Å². The smallest absolute Gasteiger partial charge is 0.338 e. The molecule has 0 unspecified atom stereocenters. The van der Waals surface area contributed by atoms with Crippen LogP contribution in [0.4, 0.5) is 0 Å². The van der Waals surface area contributed by atoms with Crippen LogP contribution in [0.2, 0.25) is 0 Å². The van der Waals surface area contributed by atoms with Crippen LogP contribution < -0.4 is 14.8 Å². The van der Waals surface area contributed by atoms with Crippen molar-refractivity contribution < 1.29 is 33.3 Å². The van der Waals surface area contributed by atoms with Gasteiger partial charge in [-0.1, -0.05) is 6.92 Å². The third-order valence-electron chi connectivity index (χ3n) is 5.11. The van der Waals surface area contributed by atoms with Crippen LogP contribution in [0.3, 0.4) is 0 Å². The molecule has 1 aliphatic heterocycles. The van der Waals surface area contributed by atoms with Gasteiger partial charge in [0.25, 0.3) is 0 Å². The zero-order valence-corrected chi connectivity index (χ0v) is 16.8. The summed E-state index contributed by atoms with van der Waals surface area (Å²) in [6.45, 7) is 5.16. The Morgan fingerprint density at radius 2 is 1.54 bits per heavy atom. The minimum Gasteiger partial charge on any atom is -0.497 e. The van der Waals surface area contributed by atoms with Crippen LogP contribution in [0.1, 0.15) is 32.4 Å². The van der Waals surface area contributed by atoms with Crippen LogP contribution in [-0.2, 0) is 23.9 Å². The molecule has 0 saturated carbocycles. The zero-order valence-electron chi connectivity index (χ0n) is 16.8. The number of methoxy groups -OCH3 is 2. The number of aldehydes is 1. The zero-order chi connectivity index (χ0) is 20.9. The van der Waals surface area contributed by atoms with Gasteiger partial charge >= 0.3 is 11.9 Å². The number of benzene rings is 1. The van der Waals surface area contributed by atoms with Crippen molar-refractivity contribution in [3.63, 3.8) is 0 Å². The molecule has 1 aliphatic rings. The standard InChI is InChI=1S/C20H27NO7/c1-6-27-18(23)20(19(24)28-7-2)12(3)16(11-22)17(21-20)13-8-14(25-4)10-15(9-13)26-5/h8-12,16-17,21H,6-7H2,1-5H3/t12-,16-,17-/m1/s1. The Morgan fingerprint density at radius 1 is 1.04 bits per heavy atom. The number of ether oxygens (including phenoxy) is 4. The lowest BCUT2D eigenvalue weighted by Crippen LogP contribution is -2.60. The molecule has 3 atom stereocenters. The molecular formula is C20H27NO7. The van der Waals surface area contributed by atoms with Crippen molar-refractivity contribution in [3.05, 3.63) is 23.8 Å². The van der Waals surface area contributed by atoms with Crippen LogP contribution in [0.5, 0.6) is 11.5 Å². The molecule has 1 fully saturated rings. The fourth-order valence-corrected chi connectivity index (χ4v) is 3.62. The number of esters is 2. The van der Waals surface area contributed by atoms with E-state index in [1.54, 1.807) is 39.0 Å². The molecular weight excluding hydrogens is 366 g/mol. The minimum atomic E-state index is -1.78. The molecule has 0 radical (unpaired) electrons. The average molecular weight is 393 g/mol.